The number of carbonyl (C=O) groups is 1. The summed E-state index contributed by atoms with van der Waals surface area (Å²) in [6.45, 7) is 5.36. The van der Waals surface area contributed by atoms with Crippen LogP contribution in [0.4, 0.5) is 11.8 Å². The molecule has 4 aromatic heterocycles. The molecule has 196 valence electrons. The number of hydrogen-bond acceptors (Lipinski definition) is 7. The lowest BCUT2D eigenvalue weighted by Gasteiger charge is -2.32. The van der Waals surface area contributed by atoms with Gasteiger partial charge in [-0.1, -0.05) is 19.3 Å². The van der Waals surface area contributed by atoms with Gasteiger partial charge in [0.2, 0.25) is 5.95 Å². The number of aromatic nitrogens is 6. The Bertz CT molecular complexity index is 1420. The van der Waals surface area contributed by atoms with Crippen LogP contribution in [0, 0.1) is 13.8 Å². The summed E-state index contributed by atoms with van der Waals surface area (Å²) in [5, 5.41) is 4.32. The maximum absolute atomic E-state index is 13.2. The Labute approximate surface area is 222 Å². The summed E-state index contributed by atoms with van der Waals surface area (Å²) in [7, 11) is 0. The summed E-state index contributed by atoms with van der Waals surface area (Å²) >= 11 is 0. The largest absolute Gasteiger partial charge is 0.339 e. The van der Waals surface area contributed by atoms with Crippen LogP contribution in [0.15, 0.2) is 43.1 Å². The molecular weight excluding hydrogens is 476 g/mol. The number of likely N-dealkylation sites (tertiary alicyclic amines) is 1. The molecule has 1 aliphatic heterocycles. The van der Waals surface area contributed by atoms with Crippen molar-refractivity contribution in [3.05, 3.63) is 65.6 Å². The molecule has 5 heterocycles. The number of piperidine rings is 1. The highest BCUT2D eigenvalue weighted by molar-refractivity contribution is 5.94. The van der Waals surface area contributed by atoms with Crippen molar-refractivity contribution in [1.82, 2.24) is 34.4 Å². The first kappa shape index (κ1) is 24.5. The fourth-order valence-electron chi connectivity index (χ4n) is 6.09. The molecule has 0 unspecified atom stereocenters. The van der Waals surface area contributed by atoms with E-state index < -0.39 is 0 Å². The average molecular weight is 511 g/mol. The summed E-state index contributed by atoms with van der Waals surface area (Å²) in [6.07, 6.45) is 17.3. The third-order valence-corrected chi connectivity index (χ3v) is 7.92. The highest BCUT2D eigenvalue weighted by Crippen LogP contribution is 2.38. The van der Waals surface area contributed by atoms with E-state index in [-0.39, 0.29) is 5.91 Å². The van der Waals surface area contributed by atoms with E-state index in [4.69, 9.17) is 4.98 Å². The lowest BCUT2D eigenvalue weighted by Crippen LogP contribution is -2.38. The molecule has 1 aliphatic carbocycles. The zero-order valence-corrected chi connectivity index (χ0v) is 22.1. The second-order valence-corrected chi connectivity index (χ2v) is 10.6. The van der Waals surface area contributed by atoms with E-state index in [0.717, 1.165) is 53.9 Å². The summed E-state index contributed by atoms with van der Waals surface area (Å²) in [6, 6.07) is 4.24. The minimum atomic E-state index is 0.102. The van der Waals surface area contributed by atoms with Crippen LogP contribution in [-0.2, 0) is 0 Å². The number of amides is 1. The van der Waals surface area contributed by atoms with Gasteiger partial charge in [-0.25, -0.2) is 9.97 Å². The SMILES string of the molecule is Cc1cc(C(=O)N2CCC(c3cn(C4CCCCC4)c4nc(Nc5cnccn5)ncc34)CC2)cc(C)n1. The molecule has 0 spiro atoms. The maximum atomic E-state index is 13.2. The number of anilines is 2. The van der Waals surface area contributed by atoms with Gasteiger partial charge in [0, 0.05) is 66.3 Å². The number of carbonyl (C=O) groups excluding carboxylic acids is 1. The first-order chi connectivity index (χ1) is 18.5. The van der Waals surface area contributed by atoms with Gasteiger partial charge in [-0.05, 0) is 63.1 Å². The number of nitrogens with zero attached hydrogens (tertiary/aromatic N) is 7. The van der Waals surface area contributed by atoms with Crippen molar-refractivity contribution in [2.24, 2.45) is 0 Å². The molecule has 4 aromatic rings. The van der Waals surface area contributed by atoms with Gasteiger partial charge in [-0.15, -0.1) is 0 Å². The fraction of sp³-hybridized carbons (Fsp3) is 0.448. The lowest BCUT2D eigenvalue weighted by atomic mass is 9.89. The standard InChI is InChI=1S/C29H34N8O/c1-19-14-22(15-20(2)33-19)28(38)36-12-8-21(9-13-36)25-18-37(23-6-4-3-5-7-23)27-24(25)16-32-29(35-27)34-26-17-30-10-11-31-26/h10-11,14-18,21,23H,3-9,12-13H2,1-2H3,(H,31,32,34,35). The highest BCUT2D eigenvalue weighted by atomic mass is 16.2. The predicted molar refractivity (Wildman–Crippen MR) is 147 cm³/mol. The van der Waals surface area contributed by atoms with Crippen LogP contribution in [0.25, 0.3) is 11.0 Å². The van der Waals surface area contributed by atoms with Crippen LogP contribution in [0.1, 0.15) is 84.2 Å². The van der Waals surface area contributed by atoms with Crippen LogP contribution >= 0.6 is 0 Å². The minimum Gasteiger partial charge on any atom is -0.339 e. The number of hydrogen-bond donors (Lipinski definition) is 1. The smallest absolute Gasteiger partial charge is 0.253 e. The Morgan fingerprint density at radius 2 is 1.68 bits per heavy atom. The van der Waals surface area contributed by atoms with Gasteiger partial charge in [-0.2, -0.15) is 4.98 Å². The lowest BCUT2D eigenvalue weighted by molar-refractivity contribution is 0.0713. The fourth-order valence-corrected chi connectivity index (χ4v) is 6.09. The van der Waals surface area contributed by atoms with Gasteiger partial charge in [-0.3, -0.25) is 14.8 Å². The van der Waals surface area contributed by atoms with E-state index in [1.165, 1.54) is 37.7 Å². The number of rotatable bonds is 5. The van der Waals surface area contributed by atoms with Crippen LogP contribution < -0.4 is 5.32 Å². The van der Waals surface area contributed by atoms with Crippen LogP contribution in [-0.4, -0.2) is 53.4 Å². The first-order valence-electron chi connectivity index (χ1n) is 13.7. The zero-order valence-electron chi connectivity index (χ0n) is 22.1. The summed E-state index contributed by atoms with van der Waals surface area (Å²) in [4.78, 5) is 37.7. The molecule has 1 N–H and O–H groups in total. The molecule has 9 nitrogen and oxygen atoms in total. The van der Waals surface area contributed by atoms with E-state index in [1.807, 2.05) is 37.1 Å². The van der Waals surface area contributed by atoms with Crippen LogP contribution in [0.5, 0.6) is 0 Å². The molecule has 9 heteroatoms. The van der Waals surface area contributed by atoms with Crippen molar-refractivity contribution in [2.45, 2.75) is 70.8 Å². The van der Waals surface area contributed by atoms with Crippen molar-refractivity contribution >= 4 is 28.7 Å². The van der Waals surface area contributed by atoms with E-state index >= 15 is 0 Å². The second kappa shape index (κ2) is 10.5. The summed E-state index contributed by atoms with van der Waals surface area (Å²) < 4.78 is 2.40. The maximum Gasteiger partial charge on any atom is 0.253 e. The molecule has 2 fully saturated rings. The normalized spacial score (nSPS) is 17.2. The van der Waals surface area contributed by atoms with Gasteiger partial charge in [0.05, 0.1) is 6.20 Å². The van der Waals surface area contributed by atoms with Gasteiger partial charge in [0.15, 0.2) is 5.82 Å². The molecule has 1 saturated heterocycles. The third-order valence-electron chi connectivity index (χ3n) is 7.92. The van der Waals surface area contributed by atoms with Gasteiger partial charge in [0.1, 0.15) is 5.65 Å². The van der Waals surface area contributed by atoms with Crippen molar-refractivity contribution in [3.8, 4) is 0 Å². The number of pyridine rings is 1. The van der Waals surface area contributed by atoms with Gasteiger partial charge >= 0.3 is 0 Å². The van der Waals surface area contributed by atoms with Crippen molar-refractivity contribution < 1.29 is 4.79 Å². The van der Waals surface area contributed by atoms with Gasteiger partial charge < -0.3 is 14.8 Å². The molecule has 1 saturated carbocycles. The second-order valence-electron chi connectivity index (χ2n) is 10.6. The number of fused-ring (bicyclic) bond motifs is 1. The number of nitrogens with one attached hydrogen (secondary N) is 1. The van der Waals surface area contributed by atoms with Crippen molar-refractivity contribution in [3.63, 3.8) is 0 Å². The monoisotopic (exact) mass is 510 g/mol. The zero-order chi connectivity index (χ0) is 26.1. The Morgan fingerprint density at radius 3 is 2.39 bits per heavy atom. The quantitative estimate of drug-likeness (QED) is 0.378. The molecule has 1 amide bonds. The molecule has 0 aromatic carbocycles. The van der Waals surface area contributed by atoms with E-state index in [9.17, 15) is 4.79 Å². The average Bonchev–Trinajstić information content (AvgIpc) is 3.32. The number of aryl methyl sites for hydroxylation is 2. The van der Waals surface area contributed by atoms with Crippen LogP contribution in [0.3, 0.4) is 0 Å². The molecule has 6 rings (SSSR count). The third kappa shape index (κ3) is 4.97. The predicted octanol–water partition coefficient (Wildman–Crippen LogP) is 5.50. The Hall–Kier alpha value is -3.88. The Morgan fingerprint density at radius 1 is 0.921 bits per heavy atom. The van der Waals surface area contributed by atoms with Crippen molar-refractivity contribution in [1.29, 1.82) is 0 Å². The van der Waals surface area contributed by atoms with E-state index in [0.29, 0.717) is 23.7 Å². The molecule has 0 radical (unpaired) electrons. The van der Waals surface area contributed by atoms with Crippen LogP contribution in [0.2, 0.25) is 0 Å². The molecule has 38 heavy (non-hydrogen) atoms. The Kier molecular flexibility index (Phi) is 6.74. The van der Waals surface area contributed by atoms with Crippen molar-refractivity contribution in [2.75, 3.05) is 18.4 Å². The molecule has 2 aliphatic rings. The first-order valence-corrected chi connectivity index (χ1v) is 13.7. The summed E-state index contributed by atoms with van der Waals surface area (Å²) in [5.74, 6) is 1.63. The topological polar surface area (TPSA) is 102 Å². The van der Waals surface area contributed by atoms with Gasteiger partial charge in [0.25, 0.3) is 5.91 Å². The highest BCUT2D eigenvalue weighted by Gasteiger charge is 2.29. The molecule has 0 atom stereocenters. The minimum absolute atomic E-state index is 0.102. The van der Waals surface area contributed by atoms with E-state index in [2.05, 4.69) is 36.0 Å². The Balaban J connectivity index is 1.26. The molecule has 0 bridgehead atoms. The molecular formula is C29H34N8O. The van der Waals surface area contributed by atoms with E-state index in [1.54, 1.807) is 18.6 Å². The summed E-state index contributed by atoms with van der Waals surface area (Å²) in [5.41, 5.74) is 4.78.